The third-order valence-electron chi connectivity index (χ3n) is 3.62. The molecule has 0 aromatic carbocycles. The monoisotopic (exact) mass is 297 g/mol. The average molecular weight is 297 g/mol. The van der Waals surface area contributed by atoms with E-state index in [1.807, 2.05) is 13.8 Å². The smallest absolute Gasteiger partial charge is 0.287 e. The summed E-state index contributed by atoms with van der Waals surface area (Å²) in [6.45, 7) is 4.59. The predicted molar refractivity (Wildman–Crippen MR) is 74.1 cm³/mol. The number of aliphatic hydroxyl groups excluding tert-OH is 1. The Morgan fingerprint density at radius 2 is 2.33 bits per heavy atom. The highest BCUT2D eigenvalue weighted by molar-refractivity contribution is 5.94. The first-order valence-electron chi connectivity index (χ1n) is 6.85. The van der Waals surface area contributed by atoms with Crippen molar-refractivity contribution in [2.24, 2.45) is 0 Å². The number of nitrogens with zero attached hydrogens (tertiary/aromatic N) is 3. The van der Waals surface area contributed by atoms with Crippen LogP contribution in [-0.2, 0) is 11.3 Å². The fourth-order valence-corrected chi connectivity index (χ4v) is 2.39. The maximum atomic E-state index is 12.6. The number of carbonyl (C=O) groups excluding carboxylic acids is 1. The van der Waals surface area contributed by atoms with Crippen molar-refractivity contribution in [2.45, 2.75) is 32.5 Å². The highest BCUT2D eigenvalue weighted by Crippen LogP contribution is 2.21. The molecule has 2 atom stereocenters. The van der Waals surface area contributed by atoms with Gasteiger partial charge in [-0.25, -0.2) is 0 Å². The predicted octanol–water partition coefficient (Wildman–Crippen LogP) is 0.638. The van der Waals surface area contributed by atoms with Crippen molar-refractivity contribution in [3.05, 3.63) is 28.1 Å². The van der Waals surface area contributed by atoms with E-state index in [4.69, 9.17) is 9.84 Å². The van der Waals surface area contributed by atoms with Crippen molar-refractivity contribution in [1.82, 2.24) is 9.47 Å². The van der Waals surface area contributed by atoms with Gasteiger partial charge in [-0.1, -0.05) is 0 Å². The van der Waals surface area contributed by atoms with E-state index < -0.39 is 11.0 Å². The lowest BCUT2D eigenvalue weighted by Crippen LogP contribution is -2.52. The molecule has 8 heteroatoms. The summed E-state index contributed by atoms with van der Waals surface area (Å²) in [6, 6.07) is 1.15. The molecule has 1 fully saturated rings. The summed E-state index contributed by atoms with van der Waals surface area (Å²) in [5.74, 6) is -0.279. The van der Waals surface area contributed by atoms with Crippen LogP contribution >= 0.6 is 0 Å². The molecule has 1 saturated heterocycles. The second kappa shape index (κ2) is 6.23. The lowest BCUT2D eigenvalue weighted by atomic mass is 10.2. The van der Waals surface area contributed by atoms with Crippen LogP contribution in [0.1, 0.15) is 24.3 Å². The Balaban J connectivity index is 2.27. The lowest BCUT2D eigenvalue weighted by molar-refractivity contribution is -0.384. The highest BCUT2D eigenvalue weighted by atomic mass is 16.6. The molecule has 1 N–H and O–H groups in total. The number of rotatable bonds is 4. The standard InChI is InChI=1S/C13H19N3O5/c1-3-14-5-10(16(19)20)4-12(14)13(18)15-6-11(7-17)21-8-9(15)2/h4-5,9,11,17H,3,6-8H2,1-2H3. The Hall–Kier alpha value is -1.93. The van der Waals surface area contributed by atoms with Gasteiger partial charge in [0.25, 0.3) is 11.6 Å². The number of aliphatic hydroxyl groups is 1. The Morgan fingerprint density at radius 3 is 2.90 bits per heavy atom. The van der Waals surface area contributed by atoms with Gasteiger partial charge in [0.15, 0.2) is 0 Å². The van der Waals surface area contributed by atoms with Gasteiger partial charge < -0.3 is 19.3 Å². The van der Waals surface area contributed by atoms with E-state index in [-0.39, 0.29) is 36.5 Å². The average Bonchev–Trinajstić information content (AvgIpc) is 2.91. The summed E-state index contributed by atoms with van der Waals surface area (Å²) in [4.78, 5) is 24.6. The quantitative estimate of drug-likeness (QED) is 0.649. The third-order valence-corrected chi connectivity index (χ3v) is 3.62. The van der Waals surface area contributed by atoms with Gasteiger partial charge in [-0.3, -0.25) is 14.9 Å². The van der Waals surface area contributed by atoms with Crippen molar-refractivity contribution < 1.29 is 19.6 Å². The fourth-order valence-electron chi connectivity index (χ4n) is 2.39. The summed E-state index contributed by atoms with van der Waals surface area (Å²) in [5.41, 5.74) is 0.189. The number of aromatic nitrogens is 1. The van der Waals surface area contributed by atoms with Crippen LogP contribution < -0.4 is 0 Å². The minimum Gasteiger partial charge on any atom is -0.394 e. The van der Waals surface area contributed by atoms with Gasteiger partial charge in [0.2, 0.25) is 0 Å². The minimum atomic E-state index is -0.512. The molecule has 1 amide bonds. The molecular weight excluding hydrogens is 278 g/mol. The van der Waals surface area contributed by atoms with E-state index in [0.717, 1.165) is 0 Å². The summed E-state index contributed by atoms with van der Waals surface area (Å²) < 4.78 is 6.96. The number of aryl methyl sites for hydroxylation is 1. The Bertz CT molecular complexity index is 542. The summed E-state index contributed by atoms with van der Waals surface area (Å²) in [5, 5.41) is 20.0. The largest absolute Gasteiger partial charge is 0.394 e. The molecule has 0 saturated carbocycles. The van der Waals surface area contributed by atoms with Crippen LogP contribution in [0.2, 0.25) is 0 Å². The van der Waals surface area contributed by atoms with Gasteiger partial charge in [0.05, 0.1) is 36.5 Å². The van der Waals surface area contributed by atoms with E-state index in [0.29, 0.717) is 13.2 Å². The zero-order valence-corrected chi connectivity index (χ0v) is 12.1. The lowest BCUT2D eigenvalue weighted by Gasteiger charge is -2.37. The number of morpholine rings is 1. The summed E-state index contributed by atoms with van der Waals surface area (Å²) >= 11 is 0. The normalized spacial score (nSPS) is 22.3. The molecule has 0 bridgehead atoms. The Morgan fingerprint density at radius 1 is 1.62 bits per heavy atom. The molecule has 21 heavy (non-hydrogen) atoms. The van der Waals surface area contributed by atoms with Crippen LogP contribution in [0.3, 0.4) is 0 Å². The van der Waals surface area contributed by atoms with Crippen LogP contribution in [0, 0.1) is 10.1 Å². The molecule has 1 aliphatic heterocycles. The van der Waals surface area contributed by atoms with E-state index in [2.05, 4.69) is 0 Å². The van der Waals surface area contributed by atoms with Crippen molar-refractivity contribution in [3.8, 4) is 0 Å². The van der Waals surface area contributed by atoms with Gasteiger partial charge in [-0.15, -0.1) is 0 Å². The van der Waals surface area contributed by atoms with Crippen LogP contribution in [0.4, 0.5) is 5.69 Å². The van der Waals surface area contributed by atoms with Crippen LogP contribution in [-0.4, -0.2) is 57.3 Å². The molecular formula is C13H19N3O5. The van der Waals surface area contributed by atoms with Gasteiger partial charge in [-0.05, 0) is 13.8 Å². The second-order valence-corrected chi connectivity index (χ2v) is 5.07. The number of ether oxygens (including phenoxy) is 1. The van der Waals surface area contributed by atoms with Gasteiger partial charge in [0.1, 0.15) is 5.69 Å². The first kappa shape index (κ1) is 15.5. The first-order valence-corrected chi connectivity index (χ1v) is 6.85. The number of carbonyl (C=O) groups is 1. The van der Waals surface area contributed by atoms with E-state index in [1.54, 1.807) is 9.47 Å². The molecule has 0 radical (unpaired) electrons. The van der Waals surface area contributed by atoms with Crippen LogP contribution in [0.15, 0.2) is 12.3 Å². The third kappa shape index (κ3) is 3.06. The zero-order valence-electron chi connectivity index (χ0n) is 12.1. The second-order valence-electron chi connectivity index (χ2n) is 5.07. The molecule has 0 aliphatic carbocycles. The van der Waals surface area contributed by atoms with Gasteiger partial charge in [0, 0.05) is 19.2 Å². The molecule has 116 valence electrons. The SMILES string of the molecule is CCn1cc([N+](=O)[O-])cc1C(=O)N1CC(CO)OCC1C. The van der Waals surface area contributed by atoms with Crippen LogP contribution in [0.25, 0.3) is 0 Å². The van der Waals surface area contributed by atoms with Crippen molar-refractivity contribution in [3.63, 3.8) is 0 Å². The molecule has 1 aliphatic rings. The number of hydrogen-bond donors (Lipinski definition) is 1. The first-order chi connectivity index (χ1) is 9.97. The molecule has 8 nitrogen and oxygen atoms in total. The number of hydrogen-bond acceptors (Lipinski definition) is 5. The van der Waals surface area contributed by atoms with Crippen LogP contribution in [0.5, 0.6) is 0 Å². The highest BCUT2D eigenvalue weighted by Gasteiger charge is 2.32. The van der Waals surface area contributed by atoms with Crippen molar-refractivity contribution in [2.75, 3.05) is 19.8 Å². The fraction of sp³-hybridized carbons (Fsp3) is 0.615. The summed E-state index contributed by atoms with van der Waals surface area (Å²) in [7, 11) is 0. The molecule has 1 aromatic heterocycles. The maximum Gasteiger partial charge on any atom is 0.287 e. The number of nitro groups is 1. The summed E-state index contributed by atoms with van der Waals surface area (Å²) in [6.07, 6.45) is 0.951. The van der Waals surface area contributed by atoms with Gasteiger partial charge in [-0.2, -0.15) is 0 Å². The molecule has 0 spiro atoms. The molecule has 2 unspecified atom stereocenters. The Kier molecular flexibility index (Phi) is 4.59. The van der Waals surface area contributed by atoms with E-state index >= 15 is 0 Å². The van der Waals surface area contributed by atoms with E-state index in [9.17, 15) is 14.9 Å². The van der Waals surface area contributed by atoms with Gasteiger partial charge >= 0.3 is 0 Å². The maximum absolute atomic E-state index is 12.6. The molecule has 2 heterocycles. The Labute approximate surface area is 122 Å². The number of amides is 1. The van der Waals surface area contributed by atoms with E-state index in [1.165, 1.54) is 12.3 Å². The minimum absolute atomic E-state index is 0.0974. The topological polar surface area (TPSA) is 97.8 Å². The molecule has 1 aromatic rings. The van der Waals surface area contributed by atoms with Crippen molar-refractivity contribution >= 4 is 11.6 Å². The molecule has 2 rings (SSSR count). The van der Waals surface area contributed by atoms with Crippen molar-refractivity contribution in [1.29, 1.82) is 0 Å². The zero-order chi connectivity index (χ0) is 15.6.